The Balaban J connectivity index is 1.29. The zero-order valence-electron chi connectivity index (χ0n) is 15.9. The summed E-state index contributed by atoms with van der Waals surface area (Å²) in [6, 6.07) is 25.1. The zero-order valence-corrected chi connectivity index (χ0v) is 16.7. The van der Waals surface area contributed by atoms with Crippen molar-refractivity contribution in [1.29, 1.82) is 0 Å². The molecule has 0 fully saturated rings. The van der Waals surface area contributed by atoms with Crippen molar-refractivity contribution in [2.45, 2.75) is 19.4 Å². The van der Waals surface area contributed by atoms with Crippen molar-refractivity contribution in [3.63, 3.8) is 0 Å². The monoisotopic (exact) mass is 396 g/mol. The first-order valence-corrected chi connectivity index (χ1v) is 10.6. The standard InChI is InChI=1S/C25H20N2OS/c28-24(26-15-17-6-2-1-3-7-17)14-25-27-23(16-29-25)20-11-10-19-12-18-8-4-5-9-21(18)22(19)13-20/h1-11,13,16H,12,14-15H2,(H,26,28). The molecule has 1 aromatic heterocycles. The van der Waals surface area contributed by atoms with Crippen LogP contribution in [-0.4, -0.2) is 10.9 Å². The maximum absolute atomic E-state index is 12.3. The average Bonchev–Trinajstić information content (AvgIpc) is 3.37. The fraction of sp³-hybridized carbons (Fsp3) is 0.120. The maximum atomic E-state index is 12.3. The number of thiazole rings is 1. The molecule has 4 aromatic rings. The maximum Gasteiger partial charge on any atom is 0.227 e. The summed E-state index contributed by atoms with van der Waals surface area (Å²) in [6.07, 6.45) is 1.31. The molecule has 1 aliphatic carbocycles. The molecule has 1 N–H and O–H groups in total. The van der Waals surface area contributed by atoms with Gasteiger partial charge in [-0.15, -0.1) is 11.3 Å². The van der Waals surface area contributed by atoms with Crippen LogP contribution < -0.4 is 5.32 Å². The molecule has 0 atom stereocenters. The number of aromatic nitrogens is 1. The number of rotatable bonds is 5. The van der Waals surface area contributed by atoms with Gasteiger partial charge in [0.2, 0.25) is 5.91 Å². The Kier molecular flexibility index (Phi) is 4.70. The fourth-order valence-corrected chi connectivity index (χ4v) is 4.61. The van der Waals surface area contributed by atoms with Crippen molar-refractivity contribution >= 4 is 17.2 Å². The van der Waals surface area contributed by atoms with Gasteiger partial charge < -0.3 is 5.32 Å². The van der Waals surface area contributed by atoms with E-state index < -0.39 is 0 Å². The summed E-state index contributed by atoms with van der Waals surface area (Å²) in [7, 11) is 0. The molecule has 0 unspecified atom stereocenters. The summed E-state index contributed by atoms with van der Waals surface area (Å²) in [6.45, 7) is 0.544. The highest BCUT2D eigenvalue weighted by molar-refractivity contribution is 7.10. The first-order chi connectivity index (χ1) is 14.3. The van der Waals surface area contributed by atoms with Crippen LogP contribution in [0, 0.1) is 0 Å². The van der Waals surface area contributed by atoms with E-state index in [-0.39, 0.29) is 5.91 Å². The predicted molar refractivity (Wildman–Crippen MR) is 118 cm³/mol. The highest BCUT2D eigenvalue weighted by Gasteiger charge is 2.19. The van der Waals surface area contributed by atoms with E-state index in [1.165, 1.54) is 22.3 Å². The van der Waals surface area contributed by atoms with Gasteiger partial charge in [-0.25, -0.2) is 4.98 Å². The summed E-state index contributed by atoms with van der Waals surface area (Å²) < 4.78 is 0. The van der Waals surface area contributed by atoms with Gasteiger partial charge in [0.1, 0.15) is 5.01 Å². The van der Waals surface area contributed by atoms with E-state index in [4.69, 9.17) is 4.98 Å². The summed E-state index contributed by atoms with van der Waals surface area (Å²) >= 11 is 1.54. The van der Waals surface area contributed by atoms with E-state index in [1.54, 1.807) is 11.3 Å². The topological polar surface area (TPSA) is 42.0 Å². The Hall–Kier alpha value is -3.24. The van der Waals surface area contributed by atoms with E-state index in [0.29, 0.717) is 13.0 Å². The SMILES string of the molecule is O=C(Cc1nc(-c2ccc3c(c2)-c2ccccc2C3)cs1)NCc1ccccc1. The lowest BCUT2D eigenvalue weighted by Gasteiger charge is -2.04. The molecule has 5 rings (SSSR count). The molecule has 4 heteroatoms. The van der Waals surface area contributed by atoms with Crippen LogP contribution in [0.5, 0.6) is 0 Å². The Morgan fingerprint density at radius 1 is 0.931 bits per heavy atom. The number of benzene rings is 3. The number of carbonyl (C=O) groups excluding carboxylic acids is 1. The van der Waals surface area contributed by atoms with Crippen LogP contribution >= 0.6 is 11.3 Å². The number of amides is 1. The van der Waals surface area contributed by atoms with E-state index in [1.807, 2.05) is 35.7 Å². The van der Waals surface area contributed by atoms with Gasteiger partial charge in [0.15, 0.2) is 0 Å². The van der Waals surface area contributed by atoms with Gasteiger partial charge in [0.05, 0.1) is 12.1 Å². The van der Waals surface area contributed by atoms with E-state index >= 15 is 0 Å². The van der Waals surface area contributed by atoms with Gasteiger partial charge >= 0.3 is 0 Å². The van der Waals surface area contributed by atoms with Crippen LogP contribution in [0.3, 0.4) is 0 Å². The minimum atomic E-state index is -0.00219. The van der Waals surface area contributed by atoms with Crippen molar-refractivity contribution in [3.05, 3.63) is 99.9 Å². The van der Waals surface area contributed by atoms with E-state index in [9.17, 15) is 4.79 Å². The molecular weight excluding hydrogens is 376 g/mol. The molecule has 0 saturated heterocycles. The van der Waals surface area contributed by atoms with Gasteiger partial charge in [0.25, 0.3) is 0 Å². The highest BCUT2D eigenvalue weighted by Crippen LogP contribution is 2.38. The van der Waals surface area contributed by atoms with Gasteiger partial charge in [-0.1, -0.05) is 66.7 Å². The van der Waals surface area contributed by atoms with Crippen molar-refractivity contribution in [1.82, 2.24) is 10.3 Å². The third kappa shape index (κ3) is 3.71. The molecular formula is C25H20N2OS. The molecule has 142 valence electrons. The first kappa shape index (κ1) is 17.8. The molecule has 0 aliphatic heterocycles. The number of nitrogens with one attached hydrogen (secondary N) is 1. The highest BCUT2D eigenvalue weighted by atomic mass is 32.1. The molecule has 3 nitrogen and oxygen atoms in total. The second-order valence-electron chi connectivity index (χ2n) is 7.27. The number of fused-ring (bicyclic) bond motifs is 3. The Morgan fingerprint density at radius 2 is 1.72 bits per heavy atom. The van der Waals surface area contributed by atoms with Gasteiger partial charge in [-0.3, -0.25) is 4.79 Å². The van der Waals surface area contributed by atoms with Crippen LogP contribution in [-0.2, 0) is 24.2 Å². The lowest BCUT2D eigenvalue weighted by Crippen LogP contribution is -2.24. The Morgan fingerprint density at radius 3 is 2.62 bits per heavy atom. The van der Waals surface area contributed by atoms with Crippen LogP contribution in [0.15, 0.2) is 78.2 Å². The molecule has 0 saturated carbocycles. The quantitative estimate of drug-likeness (QED) is 0.441. The minimum absolute atomic E-state index is 0.00219. The number of hydrogen-bond donors (Lipinski definition) is 1. The lowest BCUT2D eigenvalue weighted by atomic mass is 10.0. The van der Waals surface area contributed by atoms with Gasteiger partial charge in [-0.05, 0) is 40.3 Å². The van der Waals surface area contributed by atoms with E-state index in [0.717, 1.165) is 28.2 Å². The molecule has 0 spiro atoms. The second-order valence-corrected chi connectivity index (χ2v) is 8.21. The van der Waals surface area contributed by atoms with E-state index in [2.05, 4.69) is 47.8 Å². The molecule has 1 amide bonds. The van der Waals surface area contributed by atoms with Crippen molar-refractivity contribution in [2.24, 2.45) is 0 Å². The largest absolute Gasteiger partial charge is 0.352 e. The molecule has 0 bridgehead atoms. The second kappa shape index (κ2) is 7.64. The Labute approximate surface area is 174 Å². The number of nitrogens with zero attached hydrogens (tertiary/aromatic N) is 1. The van der Waals surface area contributed by atoms with Gasteiger partial charge in [-0.2, -0.15) is 0 Å². The zero-order chi connectivity index (χ0) is 19.6. The van der Waals surface area contributed by atoms with Crippen molar-refractivity contribution < 1.29 is 4.79 Å². The van der Waals surface area contributed by atoms with Crippen molar-refractivity contribution in [3.8, 4) is 22.4 Å². The average molecular weight is 397 g/mol. The molecule has 1 aliphatic rings. The molecule has 1 heterocycles. The minimum Gasteiger partial charge on any atom is -0.352 e. The third-order valence-corrected chi connectivity index (χ3v) is 6.14. The third-order valence-electron chi connectivity index (χ3n) is 5.29. The smallest absolute Gasteiger partial charge is 0.227 e. The summed E-state index contributed by atoms with van der Waals surface area (Å²) in [5.41, 5.74) is 8.51. The predicted octanol–water partition coefficient (Wildman–Crippen LogP) is 5.24. The number of carbonyl (C=O) groups is 1. The van der Waals surface area contributed by atoms with Crippen LogP contribution in [0.1, 0.15) is 21.7 Å². The summed E-state index contributed by atoms with van der Waals surface area (Å²) in [5.74, 6) is -0.00219. The molecule has 3 aromatic carbocycles. The van der Waals surface area contributed by atoms with Gasteiger partial charge in [0, 0.05) is 17.5 Å². The van der Waals surface area contributed by atoms with Crippen molar-refractivity contribution in [2.75, 3.05) is 0 Å². The molecule has 29 heavy (non-hydrogen) atoms. The first-order valence-electron chi connectivity index (χ1n) is 9.73. The normalized spacial score (nSPS) is 11.7. The molecule has 0 radical (unpaired) electrons. The number of hydrogen-bond acceptors (Lipinski definition) is 3. The lowest BCUT2D eigenvalue weighted by molar-refractivity contribution is -0.120. The summed E-state index contributed by atoms with van der Waals surface area (Å²) in [4.78, 5) is 17.0. The fourth-order valence-electron chi connectivity index (χ4n) is 3.80. The van der Waals surface area contributed by atoms with Crippen LogP contribution in [0.4, 0.5) is 0 Å². The van der Waals surface area contributed by atoms with Crippen LogP contribution in [0.25, 0.3) is 22.4 Å². The Bertz CT molecular complexity index is 1180. The summed E-state index contributed by atoms with van der Waals surface area (Å²) in [5, 5.41) is 5.85. The van der Waals surface area contributed by atoms with Crippen LogP contribution in [0.2, 0.25) is 0 Å².